The number of benzene rings is 3. The Bertz CT molecular complexity index is 1390. The zero-order chi connectivity index (χ0) is 22.2. The summed E-state index contributed by atoms with van der Waals surface area (Å²) in [5, 5.41) is 0. The van der Waals surface area contributed by atoms with Crippen LogP contribution in [0.3, 0.4) is 0 Å². The van der Waals surface area contributed by atoms with Crippen molar-refractivity contribution >= 4 is 0 Å². The lowest BCUT2D eigenvalue weighted by Crippen LogP contribution is -2.01. The van der Waals surface area contributed by atoms with Crippen molar-refractivity contribution in [1.29, 1.82) is 0 Å². The molecule has 0 unspecified atom stereocenters. The quantitative estimate of drug-likeness (QED) is 0.311. The van der Waals surface area contributed by atoms with E-state index in [4.69, 9.17) is 0 Å². The second kappa shape index (κ2) is 7.92. The molecule has 0 atom stereocenters. The number of pyridine rings is 1. The Morgan fingerprint density at radius 1 is 0.719 bits per heavy atom. The fourth-order valence-electron chi connectivity index (χ4n) is 3.57. The summed E-state index contributed by atoms with van der Waals surface area (Å²) < 4.78 is 56.6. The van der Waals surface area contributed by atoms with E-state index in [-0.39, 0.29) is 11.4 Å². The minimum Gasteiger partial charge on any atom is -0.348 e. The standard InChI is InChI=1S/C25H15F4N3/c26-17-8-9-18(21(28)12-17)16-6-4-15(5-7-16)13-32-11-10-22-23(14-32)31-25(30-22)19-2-1-3-20(27)24(19)29/h1-12,14H,13H2. The smallest absolute Gasteiger partial charge is 0.169 e. The molecule has 0 spiro atoms. The maximum atomic E-state index is 14.1. The van der Waals surface area contributed by atoms with Crippen LogP contribution in [0.25, 0.3) is 33.9 Å². The van der Waals surface area contributed by atoms with Gasteiger partial charge in [-0.15, -0.1) is 0 Å². The third-order valence-electron chi connectivity index (χ3n) is 5.18. The molecule has 2 aliphatic rings. The number of imidazole rings is 1. The van der Waals surface area contributed by atoms with E-state index in [0.29, 0.717) is 29.1 Å². The average molecular weight is 433 g/mol. The third-order valence-corrected chi connectivity index (χ3v) is 5.18. The summed E-state index contributed by atoms with van der Waals surface area (Å²) in [6.45, 7) is 0.513. The normalized spacial score (nSPS) is 11.2. The SMILES string of the molecule is Fc1ccc(-c2ccc(Cn3ccc4nc(-c5cccc(F)c5F)nc-4c3)cc2)c(F)c1. The molecule has 0 saturated carbocycles. The number of nitrogens with zero attached hydrogens (tertiary/aromatic N) is 3. The maximum Gasteiger partial charge on any atom is 0.169 e. The number of aromatic nitrogens is 3. The van der Waals surface area contributed by atoms with E-state index in [9.17, 15) is 17.6 Å². The van der Waals surface area contributed by atoms with Gasteiger partial charge in [0.2, 0.25) is 0 Å². The fraction of sp³-hybridized carbons (Fsp3) is 0.0400. The van der Waals surface area contributed by atoms with Crippen LogP contribution in [-0.2, 0) is 6.54 Å². The first kappa shape index (κ1) is 19.9. The van der Waals surface area contributed by atoms with Gasteiger partial charge in [0.15, 0.2) is 17.5 Å². The molecule has 32 heavy (non-hydrogen) atoms. The zero-order valence-electron chi connectivity index (χ0n) is 16.6. The summed E-state index contributed by atoms with van der Waals surface area (Å²) in [4.78, 5) is 8.65. The van der Waals surface area contributed by atoms with Crippen LogP contribution < -0.4 is 0 Å². The second-order valence-electron chi connectivity index (χ2n) is 7.36. The van der Waals surface area contributed by atoms with Crippen molar-refractivity contribution in [3.05, 3.63) is 108 Å². The third kappa shape index (κ3) is 3.73. The second-order valence-corrected chi connectivity index (χ2v) is 7.36. The lowest BCUT2D eigenvalue weighted by atomic mass is 10.0. The fourth-order valence-corrected chi connectivity index (χ4v) is 3.57. The van der Waals surface area contributed by atoms with Crippen LogP contribution >= 0.6 is 0 Å². The molecular weight excluding hydrogens is 418 g/mol. The van der Waals surface area contributed by atoms with Gasteiger partial charge in [-0.05, 0) is 41.5 Å². The zero-order valence-corrected chi connectivity index (χ0v) is 16.6. The molecular formula is C25H15F4N3. The van der Waals surface area contributed by atoms with Crippen molar-refractivity contribution in [2.45, 2.75) is 6.54 Å². The van der Waals surface area contributed by atoms with Gasteiger partial charge >= 0.3 is 0 Å². The van der Waals surface area contributed by atoms with Crippen LogP contribution in [0.5, 0.6) is 0 Å². The molecule has 7 heteroatoms. The molecule has 0 fully saturated rings. The van der Waals surface area contributed by atoms with Gasteiger partial charge in [0.25, 0.3) is 0 Å². The first-order chi connectivity index (χ1) is 15.5. The minimum atomic E-state index is -0.978. The van der Waals surface area contributed by atoms with Crippen LogP contribution in [0.4, 0.5) is 17.6 Å². The molecule has 3 nitrogen and oxygen atoms in total. The van der Waals surface area contributed by atoms with Gasteiger partial charge in [-0.1, -0.05) is 30.3 Å². The van der Waals surface area contributed by atoms with Crippen molar-refractivity contribution in [3.8, 4) is 33.9 Å². The van der Waals surface area contributed by atoms with Gasteiger partial charge in [-0.2, -0.15) is 0 Å². The van der Waals surface area contributed by atoms with E-state index >= 15 is 0 Å². The van der Waals surface area contributed by atoms with Gasteiger partial charge in [0, 0.05) is 30.6 Å². The monoisotopic (exact) mass is 433 g/mol. The predicted molar refractivity (Wildman–Crippen MR) is 113 cm³/mol. The largest absolute Gasteiger partial charge is 0.348 e. The number of halogens is 4. The molecule has 3 aromatic carbocycles. The molecule has 0 aromatic heterocycles. The molecule has 5 rings (SSSR count). The number of fused-ring (bicyclic) bond motifs is 1. The van der Waals surface area contributed by atoms with Crippen molar-refractivity contribution in [2.75, 3.05) is 0 Å². The summed E-state index contributed by atoms with van der Waals surface area (Å²) in [5.74, 6) is -3.03. The molecule has 158 valence electrons. The summed E-state index contributed by atoms with van der Waals surface area (Å²) in [6.07, 6.45) is 3.59. The van der Waals surface area contributed by atoms with Crippen molar-refractivity contribution in [3.63, 3.8) is 0 Å². The van der Waals surface area contributed by atoms with Crippen LogP contribution in [0, 0.1) is 23.3 Å². The van der Waals surface area contributed by atoms with Gasteiger partial charge in [0.05, 0.1) is 11.3 Å². The molecule has 2 heterocycles. The highest BCUT2D eigenvalue weighted by atomic mass is 19.2. The Labute approximate surface area is 181 Å². The van der Waals surface area contributed by atoms with Crippen LogP contribution in [-0.4, -0.2) is 14.5 Å². The van der Waals surface area contributed by atoms with Gasteiger partial charge in [-0.3, -0.25) is 0 Å². The molecule has 2 aliphatic heterocycles. The van der Waals surface area contributed by atoms with Crippen LogP contribution in [0.15, 0.2) is 79.1 Å². The highest BCUT2D eigenvalue weighted by molar-refractivity contribution is 5.66. The lowest BCUT2D eigenvalue weighted by Gasteiger charge is -2.09. The molecule has 0 aliphatic carbocycles. The topological polar surface area (TPSA) is 30.7 Å². The molecule has 3 aromatic rings. The van der Waals surface area contributed by atoms with E-state index in [1.54, 1.807) is 24.4 Å². The Morgan fingerprint density at radius 3 is 2.28 bits per heavy atom. The van der Waals surface area contributed by atoms with Crippen molar-refractivity contribution in [1.82, 2.24) is 14.5 Å². The Balaban J connectivity index is 1.40. The highest BCUT2D eigenvalue weighted by Gasteiger charge is 2.17. The summed E-state index contributed by atoms with van der Waals surface area (Å²) >= 11 is 0. The van der Waals surface area contributed by atoms with Crippen LogP contribution in [0.2, 0.25) is 0 Å². The number of hydrogen-bond acceptors (Lipinski definition) is 2. The number of rotatable bonds is 4. The predicted octanol–water partition coefficient (Wildman–Crippen LogP) is 6.32. The van der Waals surface area contributed by atoms with Gasteiger partial charge in [-0.25, -0.2) is 27.5 Å². The highest BCUT2D eigenvalue weighted by Crippen LogP contribution is 2.28. The van der Waals surface area contributed by atoms with Crippen LogP contribution in [0.1, 0.15) is 5.56 Å². The molecule has 0 N–H and O–H groups in total. The molecule has 0 radical (unpaired) electrons. The van der Waals surface area contributed by atoms with Gasteiger partial charge in [0.1, 0.15) is 17.3 Å². The van der Waals surface area contributed by atoms with E-state index in [0.717, 1.165) is 17.7 Å². The molecule has 0 saturated heterocycles. The van der Waals surface area contributed by atoms with E-state index < -0.39 is 23.3 Å². The van der Waals surface area contributed by atoms with E-state index in [2.05, 4.69) is 9.97 Å². The average Bonchev–Trinajstić information content (AvgIpc) is 3.19. The summed E-state index contributed by atoms with van der Waals surface area (Å²) in [6, 6.07) is 16.4. The molecule has 0 amide bonds. The molecule has 0 bridgehead atoms. The summed E-state index contributed by atoms with van der Waals surface area (Å²) in [7, 11) is 0. The minimum absolute atomic E-state index is 0.0105. The van der Waals surface area contributed by atoms with E-state index in [1.165, 1.54) is 24.3 Å². The Morgan fingerprint density at radius 2 is 1.50 bits per heavy atom. The first-order valence-electron chi connectivity index (χ1n) is 9.80. The summed E-state index contributed by atoms with van der Waals surface area (Å²) in [5.41, 5.74) is 3.07. The van der Waals surface area contributed by atoms with Crippen molar-refractivity contribution in [2.24, 2.45) is 0 Å². The maximum absolute atomic E-state index is 14.1. The number of hydrogen-bond donors (Lipinski definition) is 0. The Kier molecular flexibility index (Phi) is 4.93. The lowest BCUT2D eigenvalue weighted by molar-refractivity contribution is 0.510. The van der Waals surface area contributed by atoms with Gasteiger partial charge < -0.3 is 4.57 Å². The van der Waals surface area contributed by atoms with E-state index in [1.807, 2.05) is 22.9 Å². The van der Waals surface area contributed by atoms with Crippen molar-refractivity contribution < 1.29 is 17.6 Å². The first-order valence-corrected chi connectivity index (χ1v) is 9.80. The Hall–Kier alpha value is -4.00.